The monoisotopic (exact) mass is 420 g/mol. The van der Waals surface area contributed by atoms with E-state index in [0.717, 1.165) is 76.3 Å². The van der Waals surface area contributed by atoms with Gasteiger partial charge in [0.2, 0.25) is 5.91 Å². The van der Waals surface area contributed by atoms with Crippen molar-refractivity contribution >= 4 is 11.7 Å². The van der Waals surface area contributed by atoms with E-state index >= 15 is 0 Å². The molecule has 1 aliphatic heterocycles. The van der Waals surface area contributed by atoms with Gasteiger partial charge in [0.15, 0.2) is 0 Å². The van der Waals surface area contributed by atoms with Crippen LogP contribution in [0.15, 0.2) is 30.7 Å². The molecule has 1 saturated heterocycles. The number of amides is 1. The number of rotatable bonds is 3. The first-order valence-electron chi connectivity index (χ1n) is 11.9. The highest BCUT2D eigenvalue weighted by atomic mass is 16.2. The molecule has 5 aliphatic rings. The third-order valence-electron chi connectivity index (χ3n) is 8.33. The zero-order chi connectivity index (χ0) is 21.1. The van der Waals surface area contributed by atoms with Gasteiger partial charge in [-0.25, -0.2) is 14.6 Å². The van der Waals surface area contributed by atoms with Crippen LogP contribution >= 0.6 is 0 Å². The molecule has 4 saturated carbocycles. The normalized spacial score (nSPS) is 34.7. The number of nitrogens with zero attached hydrogens (tertiary/aromatic N) is 6. The van der Waals surface area contributed by atoms with Crippen molar-refractivity contribution in [3.63, 3.8) is 0 Å². The summed E-state index contributed by atoms with van der Waals surface area (Å²) in [7, 11) is 0. The molecule has 31 heavy (non-hydrogen) atoms. The van der Waals surface area contributed by atoms with Crippen molar-refractivity contribution < 1.29 is 4.79 Å². The van der Waals surface area contributed by atoms with Crippen molar-refractivity contribution in [1.29, 1.82) is 0 Å². The Morgan fingerprint density at radius 3 is 2.58 bits per heavy atom. The first-order valence-corrected chi connectivity index (χ1v) is 11.9. The van der Waals surface area contributed by atoms with Gasteiger partial charge in [-0.2, -0.15) is 5.10 Å². The van der Waals surface area contributed by atoms with Crippen molar-refractivity contribution in [2.75, 3.05) is 31.1 Å². The molecule has 1 amide bonds. The van der Waals surface area contributed by atoms with Crippen LogP contribution in [0.4, 0.5) is 5.82 Å². The maximum atomic E-state index is 14.1. The topological polar surface area (TPSA) is 67.2 Å². The third-order valence-corrected chi connectivity index (χ3v) is 8.33. The lowest BCUT2D eigenvalue weighted by Crippen LogP contribution is -2.61. The highest BCUT2D eigenvalue weighted by Gasteiger charge is 2.62. The summed E-state index contributed by atoms with van der Waals surface area (Å²) in [5.74, 6) is 3.55. The standard InChI is InChI=1S/C24H32N6O/c1-18-26-17-30(27-18)24-14-19-11-20(15-24)13-23(12-19,16-24)22(31)29-8-4-7-28(9-10-29)21-5-2-3-6-25-21/h2-3,5-6,17,19-20H,4,7-16H2,1H3/t19-,20+,23?,24?. The molecule has 4 bridgehead atoms. The minimum Gasteiger partial charge on any atom is -0.355 e. The number of aromatic nitrogens is 4. The molecule has 0 aromatic carbocycles. The molecule has 7 heteroatoms. The maximum Gasteiger partial charge on any atom is 0.228 e. The van der Waals surface area contributed by atoms with Gasteiger partial charge in [0.25, 0.3) is 0 Å². The average Bonchev–Trinajstić information content (AvgIpc) is 3.06. The maximum absolute atomic E-state index is 14.1. The summed E-state index contributed by atoms with van der Waals surface area (Å²) in [4.78, 5) is 27.5. The Kier molecular flexibility index (Phi) is 4.37. The second-order valence-corrected chi connectivity index (χ2v) is 10.5. The van der Waals surface area contributed by atoms with Crippen molar-refractivity contribution in [3.05, 3.63) is 36.5 Å². The Labute approximate surface area is 183 Å². The number of pyridine rings is 1. The quantitative estimate of drug-likeness (QED) is 0.764. The van der Waals surface area contributed by atoms with E-state index in [4.69, 9.17) is 5.10 Å². The number of carbonyl (C=O) groups is 1. The van der Waals surface area contributed by atoms with Gasteiger partial charge in [-0.05, 0) is 75.8 Å². The molecule has 2 aromatic heterocycles. The third kappa shape index (κ3) is 3.15. The lowest BCUT2D eigenvalue weighted by Gasteiger charge is -2.61. The second kappa shape index (κ2) is 7.04. The molecule has 3 heterocycles. The van der Waals surface area contributed by atoms with E-state index in [1.54, 1.807) is 0 Å². The highest BCUT2D eigenvalue weighted by molar-refractivity contribution is 5.83. The summed E-state index contributed by atoms with van der Waals surface area (Å²) in [6.07, 6.45) is 11.5. The molecule has 2 unspecified atom stereocenters. The molecular formula is C24H32N6O. The van der Waals surface area contributed by atoms with Crippen molar-refractivity contribution in [2.24, 2.45) is 17.3 Å². The van der Waals surface area contributed by atoms with Crippen LogP contribution in [-0.4, -0.2) is 56.7 Å². The SMILES string of the molecule is Cc1ncn(C23C[C@@H]4C[C@@H](CC(C(=O)N5CCCN(c6ccccn6)CC5)(C4)C2)C3)n1. The van der Waals surface area contributed by atoms with Crippen LogP contribution in [0.3, 0.4) is 0 Å². The summed E-state index contributed by atoms with van der Waals surface area (Å²) < 4.78 is 2.13. The number of anilines is 1. The Balaban J connectivity index is 1.24. The van der Waals surface area contributed by atoms with E-state index < -0.39 is 0 Å². The molecular weight excluding hydrogens is 388 g/mol. The van der Waals surface area contributed by atoms with E-state index in [2.05, 4.69) is 30.5 Å². The Bertz CT molecular complexity index is 957. The van der Waals surface area contributed by atoms with Gasteiger partial charge in [-0.3, -0.25) is 4.79 Å². The molecule has 7 nitrogen and oxygen atoms in total. The van der Waals surface area contributed by atoms with E-state index in [0.29, 0.717) is 17.7 Å². The molecule has 5 fully saturated rings. The van der Waals surface area contributed by atoms with Gasteiger partial charge in [0.1, 0.15) is 18.0 Å². The van der Waals surface area contributed by atoms with Gasteiger partial charge in [0.05, 0.1) is 11.0 Å². The summed E-state index contributed by atoms with van der Waals surface area (Å²) in [5.41, 5.74) is -0.211. The van der Waals surface area contributed by atoms with E-state index in [1.165, 1.54) is 6.42 Å². The first kappa shape index (κ1) is 19.3. The number of hydrogen-bond acceptors (Lipinski definition) is 5. The van der Waals surface area contributed by atoms with Crippen LogP contribution in [0.2, 0.25) is 0 Å². The molecule has 2 aromatic rings. The van der Waals surface area contributed by atoms with Gasteiger partial charge in [0, 0.05) is 32.4 Å². The Morgan fingerprint density at radius 1 is 1.03 bits per heavy atom. The van der Waals surface area contributed by atoms with E-state index in [-0.39, 0.29) is 11.0 Å². The van der Waals surface area contributed by atoms with Crippen molar-refractivity contribution in [3.8, 4) is 0 Å². The highest BCUT2D eigenvalue weighted by Crippen LogP contribution is 2.64. The largest absolute Gasteiger partial charge is 0.355 e. The molecule has 0 spiro atoms. The lowest BCUT2D eigenvalue weighted by atomic mass is 9.46. The summed E-state index contributed by atoms with van der Waals surface area (Å²) in [6.45, 7) is 5.43. The second-order valence-electron chi connectivity index (χ2n) is 10.5. The average molecular weight is 421 g/mol. The number of carbonyl (C=O) groups excluding carboxylic acids is 1. The number of aryl methyl sites for hydroxylation is 1. The van der Waals surface area contributed by atoms with Gasteiger partial charge in [-0.1, -0.05) is 6.07 Å². The fourth-order valence-electron chi connectivity index (χ4n) is 7.53. The minimum absolute atomic E-state index is 0.00710. The first-order chi connectivity index (χ1) is 15.1. The minimum atomic E-state index is -0.204. The summed E-state index contributed by atoms with van der Waals surface area (Å²) in [6, 6.07) is 6.06. The zero-order valence-electron chi connectivity index (χ0n) is 18.4. The molecule has 4 aliphatic carbocycles. The van der Waals surface area contributed by atoms with Gasteiger partial charge < -0.3 is 9.80 Å². The van der Waals surface area contributed by atoms with E-state index in [1.807, 2.05) is 31.6 Å². The van der Waals surface area contributed by atoms with Crippen LogP contribution < -0.4 is 4.90 Å². The van der Waals surface area contributed by atoms with Crippen LogP contribution in [-0.2, 0) is 10.3 Å². The fourth-order valence-corrected chi connectivity index (χ4v) is 7.53. The van der Waals surface area contributed by atoms with Crippen LogP contribution in [0.1, 0.15) is 50.8 Å². The van der Waals surface area contributed by atoms with Crippen LogP contribution in [0, 0.1) is 24.2 Å². The van der Waals surface area contributed by atoms with E-state index in [9.17, 15) is 4.79 Å². The van der Waals surface area contributed by atoms with Gasteiger partial charge >= 0.3 is 0 Å². The van der Waals surface area contributed by atoms with Crippen LogP contribution in [0.5, 0.6) is 0 Å². The predicted octanol–water partition coefficient (Wildman–Crippen LogP) is 3.02. The molecule has 0 N–H and O–H groups in total. The fraction of sp³-hybridized carbons (Fsp3) is 0.667. The van der Waals surface area contributed by atoms with Gasteiger partial charge in [-0.15, -0.1) is 0 Å². The van der Waals surface area contributed by atoms with Crippen molar-refractivity contribution in [1.82, 2.24) is 24.6 Å². The molecule has 0 radical (unpaired) electrons. The molecule has 4 atom stereocenters. The van der Waals surface area contributed by atoms with Crippen molar-refractivity contribution in [2.45, 2.75) is 57.4 Å². The lowest BCUT2D eigenvalue weighted by molar-refractivity contribution is -0.166. The zero-order valence-corrected chi connectivity index (χ0v) is 18.4. The Morgan fingerprint density at radius 2 is 1.87 bits per heavy atom. The summed E-state index contributed by atoms with van der Waals surface area (Å²) >= 11 is 0. The molecule has 7 rings (SSSR count). The van der Waals surface area contributed by atoms with Crippen LogP contribution in [0.25, 0.3) is 0 Å². The summed E-state index contributed by atoms with van der Waals surface area (Å²) in [5, 5.41) is 4.73. The predicted molar refractivity (Wildman–Crippen MR) is 117 cm³/mol. The smallest absolute Gasteiger partial charge is 0.228 e. The Hall–Kier alpha value is -2.44. The molecule has 164 valence electrons. The number of hydrogen-bond donors (Lipinski definition) is 0.